The van der Waals surface area contributed by atoms with Crippen molar-refractivity contribution >= 4 is 45.1 Å². The first kappa shape index (κ1) is 17.9. The minimum atomic E-state index is -0.282. The van der Waals surface area contributed by atoms with Gasteiger partial charge in [0.15, 0.2) is 5.82 Å². The van der Waals surface area contributed by atoms with Crippen molar-refractivity contribution in [3.63, 3.8) is 0 Å². The number of H-pyrrole nitrogens is 1. The molecule has 0 aliphatic heterocycles. The summed E-state index contributed by atoms with van der Waals surface area (Å²) < 4.78 is 0. The summed E-state index contributed by atoms with van der Waals surface area (Å²) in [7, 11) is 0. The third-order valence-electron chi connectivity index (χ3n) is 4.52. The third-order valence-corrected chi connectivity index (χ3v) is 4.83. The Bertz CT molecular complexity index is 1380. The molecule has 0 amide bonds. The second kappa shape index (κ2) is 6.91. The summed E-state index contributed by atoms with van der Waals surface area (Å²) in [6.07, 6.45) is 1.59. The van der Waals surface area contributed by atoms with Crippen molar-refractivity contribution in [3.8, 4) is 6.07 Å². The zero-order valence-corrected chi connectivity index (χ0v) is 16.0. The van der Waals surface area contributed by atoms with Gasteiger partial charge in [-0.25, -0.2) is 9.97 Å². The van der Waals surface area contributed by atoms with Crippen LogP contribution in [-0.4, -0.2) is 15.0 Å². The second-order valence-corrected chi connectivity index (χ2v) is 6.98. The molecule has 0 saturated heterocycles. The van der Waals surface area contributed by atoms with Crippen molar-refractivity contribution in [2.24, 2.45) is 0 Å². The zero-order chi connectivity index (χ0) is 19.8. The van der Waals surface area contributed by atoms with Gasteiger partial charge in [-0.2, -0.15) is 5.26 Å². The molecule has 0 unspecified atom stereocenters. The summed E-state index contributed by atoms with van der Waals surface area (Å²) in [6, 6.07) is 15.3. The number of hydrogen-bond acceptors (Lipinski definition) is 4. The van der Waals surface area contributed by atoms with Gasteiger partial charge in [-0.15, -0.1) is 0 Å². The Morgan fingerprint density at radius 2 is 1.96 bits per heavy atom. The van der Waals surface area contributed by atoms with Crippen molar-refractivity contribution < 1.29 is 0 Å². The van der Waals surface area contributed by atoms with Gasteiger partial charge in [0.2, 0.25) is 0 Å². The fourth-order valence-electron chi connectivity index (χ4n) is 3.24. The molecule has 0 aliphatic rings. The number of benzene rings is 2. The van der Waals surface area contributed by atoms with Gasteiger partial charge in [-0.05, 0) is 49.2 Å². The number of allylic oxidation sites excluding steroid dienone is 1. The van der Waals surface area contributed by atoms with E-state index in [-0.39, 0.29) is 22.1 Å². The minimum absolute atomic E-state index is 0.205. The molecule has 2 aromatic carbocycles. The quantitative estimate of drug-likeness (QED) is 0.396. The summed E-state index contributed by atoms with van der Waals surface area (Å²) >= 11 is 6.30. The lowest BCUT2D eigenvalue weighted by Gasteiger charge is -2.07. The number of fused-ring (bicyclic) bond motifs is 2. The fourth-order valence-corrected chi connectivity index (χ4v) is 3.44. The van der Waals surface area contributed by atoms with Crippen LogP contribution < -0.4 is 5.56 Å². The van der Waals surface area contributed by atoms with E-state index in [9.17, 15) is 10.1 Å². The van der Waals surface area contributed by atoms with Gasteiger partial charge in [0.25, 0.3) is 5.56 Å². The lowest BCUT2D eigenvalue weighted by Crippen LogP contribution is -2.12. The summed E-state index contributed by atoms with van der Waals surface area (Å²) in [6.45, 7) is 3.82. The number of para-hydroxylation sites is 1. The van der Waals surface area contributed by atoms with Crippen LogP contribution in [0.1, 0.15) is 22.5 Å². The van der Waals surface area contributed by atoms with E-state index in [0.29, 0.717) is 16.5 Å². The number of nitriles is 1. The number of rotatable bonds is 2. The van der Waals surface area contributed by atoms with Crippen LogP contribution in [0.25, 0.3) is 33.5 Å². The summed E-state index contributed by atoms with van der Waals surface area (Å²) in [5, 5.41) is 11.4. The molecular formula is C22H15ClN4O. The van der Waals surface area contributed by atoms with E-state index in [0.717, 1.165) is 22.0 Å². The van der Waals surface area contributed by atoms with Crippen LogP contribution in [0.15, 0.2) is 47.3 Å². The lowest BCUT2D eigenvalue weighted by molar-refractivity contribution is 1.12. The zero-order valence-electron chi connectivity index (χ0n) is 15.2. The molecule has 0 spiro atoms. The minimum Gasteiger partial charge on any atom is -0.305 e. The van der Waals surface area contributed by atoms with Crippen molar-refractivity contribution in [1.29, 1.82) is 5.26 Å². The highest BCUT2D eigenvalue weighted by Gasteiger charge is 2.12. The highest BCUT2D eigenvalue weighted by atomic mass is 35.5. The Kier molecular flexibility index (Phi) is 4.42. The van der Waals surface area contributed by atoms with Gasteiger partial charge in [-0.1, -0.05) is 35.9 Å². The molecule has 2 heterocycles. The Hall–Kier alpha value is -3.49. The van der Waals surface area contributed by atoms with Gasteiger partial charge in [0.05, 0.1) is 22.0 Å². The number of aryl methyl sites for hydroxylation is 2. The SMILES string of the molecule is Cc1cc(C)c2nc(C(C#N)=Cc3cc4ccccc4nc3Cl)[nH]c(=O)c2c1. The normalized spacial score (nSPS) is 11.7. The number of nitrogens with zero attached hydrogens (tertiary/aromatic N) is 3. The summed E-state index contributed by atoms with van der Waals surface area (Å²) in [5.74, 6) is 0.205. The molecule has 0 saturated carbocycles. The molecule has 28 heavy (non-hydrogen) atoms. The lowest BCUT2D eigenvalue weighted by atomic mass is 10.1. The number of pyridine rings is 1. The average molecular weight is 387 g/mol. The van der Waals surface area contributed by atoms with Gasteiger partial charge in [0, 0.05) is 10.9 Å². The third kappa shape index (κ3) is 3.15. The number of hydrogen-bond donors (Lipinski definition) is 1. The van der Waals surface area contributed by atoms with E-state index in [2.05, 4.69) is 21.0 Å². The second-order valence-electron chi connectivity index (χ2n) is 6.62. The van der Waals surface area contributed by atoms with Crippen molar-refractivity contribution in [2.45, 2.75) is 13.8 Å². The van der Waals surface area contributed by atoms with Gasteiger partial charge in [0.1, 0.15) is 11.2 Å². The molecule has 136 valence electrons. The predicted octanol–water partition coefficient (Wildman–Crippen LogP) is 4.81. The molecule has 1 N–H and O–H groups in total. The molecule has 4 rings (SSSR count). The predicted molar refractivity (Wildman–Crippen MR) is 112 cm³/mol. The molecule has 0 fully saturated rings. The molecule has 4 aromatic rings. The summed E-state index contributed by atoms with van der Waals surface area (Å²) in [4.78, 5) is 24.2. The molecule has 5 nitrogen and oxygen atoms in total. The first-order valence-electron chi connectivity index (χ1n) is 8.65. The van der Waals surface area contributed by atoms with Crippen LogP contribution in [0.2, 0.25) is 5.15 Å². The smallest absolute Gasteiger partial charge is 0.259 e. The highest BCUT2D eigenvalue weighted by Crippen LogP contribution is 2.25. The van der Waals surface area contributed by atoms with E-state index in [1.54, 1.807) is 12.1 Å². The molecule has 0 atom stereocenters. The van der Waals surface area contributed by atoms with Crippen molar-refractivity contribution in [3.05, 3.63) is 80.5 Å². The average Bonchev–Trinajstić information content (AvgIpc) is 2.67. The van der Waals surface area contributed by atoms with Crippen LogP contribution in [0.5, 0.6) is 0 Å². The van der Waals surface area contributed by atoms with E-state index < -0.39 is 0 Å². The number of halogens is 1. The van der Waals surface area contributed by atoms with Crippen LogP contribution in [0, 0.1) is 25.2 Å². The monoisotopic (exact) mass is 386 g/mol. The standard InChI is InChI=1S/C22H15ClN4O/c1-12-7-13(2)19-17(8-12)22(28)27-21(26-19)16(11-24)10-15-9-14-5-3-4-6-18(14)25-20(15)23/h3-10H,1-2H3,(H,26,27,28). The molecule has 0 bridgehead atoms. The number of aromatic amines is 1. The first-order chi connectivity index (χ1) is 13.5. The Balaban J connectivity index is 1.91. The number of aromatic nitrogens is 3. The molecule has 2 aromatic heterocycles. The highest BCUT2D eigenvalue weighted by molar-refractivity contribution is 6.31. The number of nitrogens with one attached hydrogen (secondary N) is 1. The van der Waals surface area contributed by atoms with Crippen molar-refractivity contribution in [1.82, 2.24) is 15.0 Å². The fraction of sp³-hybridized carbons (Fsp3) is 0.0909. The van der Waals surface area contributed by atoms with Crippen LogP contribution in [0.3, 0.4) is 0 Å². The Morgan fingerprint density at radius 3 is 2.75 bits per heavy atom. The van der Waals surface area contributed by atoms with E-state index in [4.69, 9.17) is 11.6 Å². The molecule has 6 heteroatoms. The molecule has 0 radical (unpaired) electrons. The first-order valence-corrected chi connectivity index (χ1v) is 9.03. The van der Waals surface area contributed by atoms with Crippen LogP contribution in [0.4, 0.5) is 0 Å². The maximum absolute atomic E-state index is 12.5. The van der Waals surface area contributed by atoms with Gasteiger partial charge < -0.3 is 4.98 Å². The largest absolute Gasteiger partial charge is 0.305 e. The van der Waals surface area contributed by atoms with E-state index >= 15 is 0 Å². The molecule has 0 aliphatic carbocycles. The molecular weight excluding hydrogens is 372 g/mol. The van der Waals surface area contributed by atoms with Gasteiger partial charge >= 0.3 is 0 Å². The van der Waals surface area contributed by atoms with Gasteiger partial charge in [-0.3, -0.25) is 4.79 Å². The maximum Gasteiger partial charge on any atom is 0.259 e. The van der Waals surface area contributed by atoms with E-state index in [1.165, 1.54) is 0 Å². The van der Waals surface area contributed by atoms with Crippen LogP contribution >= 0.6 is 11.6 Å². The Morgan fingerprint density at radius 1 is 1.18 bits per heavy atom. The summed E-state index contributed by atoms with van der Waals surface area (Å²) in [5.41, 5.74) is 3.72. The Labute approximate surface area is 166 Å². The maximum atomic E-state index is 12.5. The van der Waals surface area contributed by atoms with Crippen molar-refractivity contribution in [2.75, 3.05) is 0 Å². The van der Waals surface area contributed by atoms with Crippen LogP contribution in [-0.2, 0) is 0 Å². The topological polar surface area (TPSA) is 82.4 Å². The van der Waals surface area contributed by atoms with E-state index in [1.807, 2.05) is 50.2 Å².